The highest BCUT2D eigenvalue weighted by Gasteiger charge is 2.03. The molecule has 0 saturated carbocycles. The van der Waals surface area contributed by atoms with Gasteiger partial charge in [-0.1, -0.05) is 12.1 Å². The van der Waals surface area contributed by atoms with Crippen molar-refractivity contribution in [3.63, 3.8) is 0 Å². The number of ether oxygens (including phenoxy) is 1. The lowest BCUT2D eigenvalue weighted by atomic mass is 10.1. The molecule has 0 aliphatic heterocycles. The predicted octanol–water partition coefficient (Wildman–Crippen LogP) is 0.279. The highest BCUT2D eigenvalue weighted by molar-refractivity contribution is 5.87. The van der Waals surface area contributed by atoms with E-state index in [9.17, 15) is 14.4 Å². The van der Waals surface area contributed by atoms with Crippen LogP contribution in [0.2, 0.25) is 0 Å². The Morgan fingerprint density at radius 2 is 1.80 bits per heavy atom. The van der Waals surface area contributed by atoms with E-state index in [0.717, 1.165) is 5.56 Å². The first kappa shape index (κ1) is 15.3. The van der Waals surface area contributed by atoms with Gasteiger partial charge in [0.2, 0.25) is 0 Å². The zero-order chi connectivity index (χ0) is 15.0. The van der Waals surface area contributed by atoms with E-state index in [-0.39, 0.29) is 25.3 Å². The molecule has 0 radical (unpaired) electrons. The number of carbonyl (C=O) groups excluding carboxylic acids is 2. The molecule has 0 unspecified atom stereocenters. The summed E-state index contributed by atoms with van der Waals surface area (Å²) >= 11 is 0. The van der Waals surface area contributed by atoms with Crippen molar-refractivity contribution in [3.8, 4) is 0 Å². The van der Waals surface area contributed by atoms with Crippen LogP contribution in [0.1, 0.15) is 15.9 Å². The standard InChI is InChI=1S/C12H15N3O5/c13-11(18)20-6-5-14-12(19)15-7-8-1-3-9(4-2-8)10(16)17/h1-4H,5-7H2,(H2,13,18)(H,16,17)(H2,14,15,19). The van der Waals surface area contributed by atoms with Gasteiger partial charge in [0.1, 0.15) is 6.61 Å². The smallest absolute Gasteiger partial charge is 0.404 e. The molecular formula is C12H15N3O5. The number of nitrogens with one attached hydrogen (secondary N) is 2. The van der Waals surface area contributed by atoms with Crippen LogP contribution in [0.3, 0.4) is 0 Å². The second-order valence-corrected chi connectivity index (χ2v) is 3.78. The molecule has 8 nitrogen and oxygen atoms in total. The van der Waals surface area contributed by atoms with Crippen molar-refractivity contribution in [1.82, 2.24) is 10.6 Å². The number of hydrogen-bond acceptors (Lipinski definition) is 4. The van der Waals surface area contributed by atoms with Gasteiger partial charge in [-0.2, -0.15) is 0 Å². The number of carboxylic acids is 1. The number of amides is 3. The summed E-state index contributed by atoms with van der Waals surface area (Å²) < 4.78 is 4.43. The molecule has 0 fully saturated rings. The molecule has 0 saturated heterocycles. The van der Waals surface area contributed by atoms with Crippen molar-refractivity contribution < 1.29 is 24.2 Å². The second kappa shape index (κ2) is 7.62. The summed E-state index contributed by atoms with van der Waals surface area (Å²) in [6.07, 6.45) is -0.897. The van der Waals surface area contributed by atoms with E-state index in [0.29, 0.717) is 0 Å². The Morgan fingerprint density at radius 1 is 1.15 bits per heavy atom. The van der Waals surface area contributed by atoms with E-state index in [1.54, 1.807) is 12.1 Å². The monoisotopic (exact) mass is 281 g/mol. The fraction of sp³-hybridized carbons (Fsp3) is 0.250. The van der Waals surface area contributed by atoms with Gasteiger partial charge in [-0.05, 0) is 17.7 Å². The van der Waals surface area contributed by atoms with Gasteiger partial charge in [0.25, 0.3) is 0 Å². The first-order valence-electron chi connectivity index (χ1n) is 5.75. The van der Waals surface area contributed by atoms with Crippen molar-refractivity contribution in [2.24, 2.45) is 5.73 Å². The number of carbonyl (C=O) groups is 3. The number of rotatable bonds is 6. The molecule has 0 aliphatic rings. The van der Waals surface area contributed by atoms with Gasteiger partial charge in [0.05, 0.1) is 12.1 Å². The summed E-state index contributed by atoms with van der Waals surface area (Å²) in [6.45, 7) is 0.394. The minimum atomic E-state index is -1.00. The van der Waals surface area contributed by atoms with Crippen LogP contribution < -0.4 is 16.4 Å². The lowest BCUT2D eigenvalue weighted by Crippen LogP contribution is -2.37. The first-order valence-corrected chi connectivity index (χ1v) is 5.75. The van der Waals surface area contributed by atoms with E-state index in [1.165, 1.54) is 12.1 Å². The topological polar surface area (TPSA) is 131 Å². The molecule has 3 amide bonds. The zero-order valence-electron chi connectivity index (χ0n) is 10.6. The highest BCUT2D eigenvalue weighted by atomic mass is 16.5. The fourth-order valence-corrected chi connectivity index (χ4v) is 1.33. The van der Waals surface area contributed by atoms with E-state index < -0.39 is 18.1 Å². The summed E-state index contributed by atoms with van der Waals surface area (Å²) in [5.41, 5.74) is 5.69. The molecule has 8 heteroatoms. The maximum absolute atomic E-state index is 11.3. The van der Waals surface area contributed by atoms with Gasteiger partial charge < -0.3 is 26.2 Å². The quantitative estimate of drug-likeness (QED) is 0.556. The minimum absolute atomic E-state index is 0.00391. The molecule has 0 spiro atoms. The summed E-state index contributed by atoms with van der Waals surface area (Å²) in [6, 6.07) is 5.70. The predicted molar refractivity (Wildman–Crippen MR) is 69.2 cm³/mol. The Morgan fingerprint density at radius 3 is 2.35 bits per heavy atom. The van der Waals surface area contributed by atoms with Crippen LogP contribution in [0.5, 0.6) is 0 Å². The van der Waals surface area contributed by atoms with Crippen LogP contribution in [0.15, 0.2) is 24.3 Å². The maximum atomic E-state index is 11.3. The summed E-state index contributed by atoms with van der Waals surface area (Å²) in [5.74, 6) is -1.00. The molecule has 1 rings (SSSR count). The lowest BCUT2D eigenvalue weighted by molar-refractivity contribution is 0.0696. The van der Waals surface area contributed by atoms with E-state index in [2.05, 4.69) is 15.4 Å². The number of primary amides is 1. The summed E-state index contributed by atoms with van der Waals surface area (Å²) in [4.78, 5) is 32.3. The van der Waals surface area contributed by atoms with E-state index in [4.69, 9.17) is 10.8 Å². The molecule has 5 N–H and O–H groups in total. The van der Waals surface area contributed by atoms with Gasteiger partial charge in [-0.15, -0.1) is 0 Å². The Bertz CT molecular complexity index is 486. The minimum Gasteiger partial charge on any atom is -0.478 e. The summed E-state index contributed by atoms with van der Waals surface area (Å²) in [5, 5.41) is 13.8. The van der Waals surface area contributed by atoms with Gasteiger partial charge in [-0.3, -0.25) is 0 Å². The van der Waals surface area contributed by atoms with Crippen molar-refractivity contribution in [3.05, 3.63) is 35.4 Å². The zero-order valence-corrected chi connectivity index (χ0v) is 10.6. The third kappa shape index (κ3) is 5.71. The summed E-state index contributed by atoms with van der Waals surface area (Å²) in [7, 11) is 0. The van der Waals surface area contributed by atoms with Crippen LogP contribution in [0, 0.1) is 0 Å². The fourth-order valence-electron chi connectivity index (χ4n) is 1.33. The van der Waals surface area contributed by atoms with Crippen molar-refractivity contribution in [1.29, 1.82) is 0 Å². The number of hydrogen-bond donors (Lipinski definition) is 4. The van der Waals surface area contributed by atoms with Gasteiger partial charge in [0, 0.05) is 6.54 Å². The van der Waals surface area contributed by atoms with E-state index >= 15 is 0 Å². The molecule has 0 bridgehead atoms. The first-order chi connectivity index (χ1) is 9.49. The molecule has 20 heavy (non-hydrogen) atoms. The SMILES string of the molecule is NC(=O)OCCNC(=O)NCc1ccc(C(=O)O)cc1. The van der Waals surface area contributed by atoms with Crippen molar-refractivity contribution in [2.75, 3.05) is 13.2 Å². The Labute approximate surface area is 114 Å². The van der Waals surface area contributed by atoms with Crippen LogP contribution in [-0.2, 0) is 11.3 Å². The second-order valence-electron chi connectivity index (χ2n) is 3.78. The van der Waals surface area contributed by atoms with Gasteiger partial charge >= 0.3 is 18.1 Å². The van der Waals surface area contributed by atoms with E-state index in [1.807, 2.05) is 0 Å². The van der Waals surface area contributed by atoms with Crippen LogP contribution in [0.25, 0.3) is 0 Å². The Balaban J connectivity index is 2.26. The number of carboxylic acid groups (broad SMARTS) is 1. The molecule has 0 atom stereocenters. The van der Waals surface area contributed by atoms with Crippen LogP contribution >= 0.6 is 0 Å². The van der Waals surface area contributed by atoms with Gasteiger partial charge in [0.15, 0.2) is 0 Å². The lowest BCUT2D eigenvalue weighted by Gasteiger charge is -2.07. The average Bonchev–Trinajstić information content (AvgIpc) is 2.41. The molecule has 0 aromatic heterocycles. The van der Waals surface area contributed by atoms with Crippen LogP contribution in [0.4, 0.5) is 9.59 Å². The normalized spacial score (nSPS) is 9.60. The molecule has 0 aliphatic carbocycles. The Hall–Kier alpha value is -2.77. The third-order valence-electron chi connectivity index (χ3n) is 2.29. The van der Waals surface area contributed by atoms with Gasteiger partial charge in [-0.25, -0.2) is 14.4 Å². The number of urea groups is 1. The Kier molecular flexibility index (Phi) is 5.82. The van der Waals surface area contributed by atoms with Crippen LogP contribution in [-0.4, -0.2) is 36.4 Å². The van der Waals surface area contributed by atoms with Crippen molar-refractivity contribution >= 4 is 18.1 Å². The molecule has 1 aromatic rings. The molecule has 108 valence electrons. The average molecular weight is 281 g/mol. The molecular weight excluding hydrogens is 266 g/mol. The highest BCUT2D eigenvalue weighted by Crippen LogP contribution is 2.03. The third-order valence-corrected chi connectivity index (χ3v) is 2.29. The maximum Gasteiger partial charge on any atom is 0.404 e. The number of aromatic carboxylic acids is 1. The molecule has 1 aromatic carbocycles. The molecule has 0 heterocycles. The number of nitrogens with two attached hydrogens (primary N) is 1. The van der Waals surface area contributed by atoms with Crippen molar-refractivity contribution in [2.45, 2.75) is 6.54 Å². The number of benzene rings is 1. The largest absolute Gasteiger partial charge is 0.478 e.